The monoisotopic (exact) mass is 585 g/mol. The normalized spacial score (nSPS) is 20.1. The van der Waals surface area contributed by atoms with Gasteiger partial charge in [-0.3, -0.25) is 19.7 Å². The molecule has 1 heterocycles. The number of ketones is 2. The second-order valence-corrected chi connectivity index (χ2v) is 12.5. The van der Waals surface area contributed by atoms with E-state index in [1.54, 1.807) is 12.1 Å². The Kier molecular flexibility index (Phi) is 6.98. The Morgan fingerprint density at radius 2 is 1.40 bits per heavy atom. The van der Waals surface area contributed by atoms with E-state index < -0.39 is 34.0 Å². The lowest BCUT2D eigenvalue weighted by molar-refractivity contribution is -0.385. The van der Waals surface area contributed by atoms with E-state index in [-0.39, 0.29) is 46.7 Å². The highest BCUT2D eigenvalue weighted by Crippen LogP contribution is 2.54. The molecular weight excluding hydrogens is 555 g/mol. The zero-order valence-corrected chi connectivity index (χ0v) is 23.8. The highest BCUT2D eigenvalue weighted by atomic mass is 19.4. The third-order valence-corrected chi connectivity index (χ3v) is 7.80. The number of carbonyl (C=O) groups excluding carboxylic acids is 2. The SMILES string of the molecule is COc1cc(C2C3=C(CC(C)(C)CC3=O)OC3=C2C(=O)CC(C)(C)C3)ccc1Oc1ccc([N+](=O)[O-])cc1C(F)(F)F. The number of nitro groups is 1. The number of nitro benzene ring substituents is 1. The molecule has 0 unspecified atom stereocenters. The molecule has 2 aromatic carbocycles. The fourth-order valence-electron chi connectivity index (χ4n) is 6.02. The first-order valence-corrected chi connectivity index (χ1v) is 13.4. The highest BCUT2D eigenvalue weighted by molar-refractivity contribution is 6.06. The number of carbonyl (C=O) groups is 2. The smallest absolute Gasteiger partial charge is 0.420 e. The molecule has 0 atom stereocenters. The molecule has 8 nitrogen and oxygen atoms in total. The van der Waals surface area contributed by atoms with Gasteiger partial charge in [0.05, 0.1) is 12.0 Å². The number of alkyl halides is 3. The van der Waals surface area contributed by atoms with E-state index in [0.29, 0.717) is 47.1 Å². The topological polar surface area (TPSA) is 105 Å². The average molecular weight is 586 g/mol. The summed E-state index contributed by atoms with van der Waals surface area (Å²) >= 11 is 0. The zero-order valence-electron chi connectivity index (χ0n) is 23.8. The minimum absolute atomic E-state index is 0.0574. The number of hydrogen-bond donors (Lipinski definition) is 0. The standard InChI is InChI=1S/C31H30F3NO7/c1-29(2)12-19(36)27-24(14-29)42-25-15-30(3,4)13-20(37)28(25)26(27)16-6-8-22(23(10-16)40-5)41-21-9-7-17(35(38)39)11-18(21)31(32,33)34/h6-11,26H,12-15H2,1-5H3. The van der Waals surface area contributed by atoms with E-state index in [0.717, 1.165) is 12.1 Å². The van der Waals surface area contributed by atoms with E-state index in [2.05, 4.69) is 0 Å². The fourth-order valence-corrected chi connectivity index (χ4v) is 6.02. The van der Waals surface area contributed by atoms with Gasteiger partial charge in [0.2, 0.25) is 0 Å². The van der Waals surface area contributed by atoms with Crippen molar-refractivity contribution in [1.82, 2.24) is 0 Å². The molecule has 0 aromatic heterocycles. The number of nitrogens with zero attached hydrogens (tertiary/aromatic N) is 1. The maximum absolute atomic E-state index is 13.8. The van der Waals surface area contributed by atoms with Crippen LogP contribution in [0.4, 0.5) is 18.9 Å². The molecule has 0 N–H and O–H groups in total. The number of benzene rings is 2. The Balaban J connectivity index is 1.61. The van der Waals surface area contributed by atoms with Crippen molar-refractivity contribution in [2.75, 3.05) is 7.11 Å². The molecule has 42 heavy (non-hydrogen) atoms. The molecule has 2 aliphatic carbocycles. The van der Waals surface area contributed by atoms with Crippen LogP contribution in [0.3, 0.4) is 0 Å². The van der Waals surface area contributed by atoms with Crippen molar-refractivity contribution in [3.63, 3.8) is 0 Å². The van der Waals surface area contributed by atoms with E-state index in [4.69, 9.17) is 14.2 Å². The number of non-ortho nitro benzene ring substituents is 1. The third-order valence-electron chi connectivity index (χ3n) is 7.80. The van der Waals surface area contributed by atoms with Gasteiger partial charge in [-0.05, 0) is 34.6 Å². The van der Waals surface area contributed by atoms with Crippen LogP contribution in [0.1, 0.15) is 70.4 Å². The van der Waals surface area contributed by atoms with Crippen LogP contribution >= 0.6 is 0 Å². The lowest BCUT2D eigenvalue weighted by atomic mass is 9.65. The third kappa shape index (κ3) is 5.39. The summed E-state index contributed by atoms with van der Waals surface area (Å²) in [5, 5.41) is 11.1. The molecule has 1 aliphatic heterocycles. The van der Waals surface area contributed by atoms with E-state index in [1.807, 2.05) is 27.7 Å². The van der Waals surface area contributed by atoms with Crippen molar-refractivity contribution >= 4 is 17.3 Å². The number of methoxy groups -OCH3 is 1. The maximum atomic E-state index is 13.8. The molecule has 0 fully saturated rings. The fraction of sp³-hybridized carbons (Fsp3) is 0.419. The Labute approximate surface area is 240 Å². The Bertz CT molecular complexity index is 1530. The minimum Gasteiger partial charge on any atom is -0.493 e. The number of halogens is 3. The molecule has 11 heteroatoms. The summed E-state index contributed by atoms with van der Waals surface area (Å²) in [7, 11) is 1.31. The zero-order chi connectivity index (χ0) is 30.8. The molecule has 0 saturated carbocycles. The predicted octanol–water partition coefficient (Wildman–Crippen LogP) is 7.81. The minimum atomic E-state index is -4.92. The first-order chi connectivity index (χ1) is 19.5. The van der Waals surface area contributed by atoms with Gasteiger partial charge < -0.3 is 14.2 Å². The molecule has 0 amide bonds. The van der Waals surface area contributed by atoms with Crippen LogP contribution in [0.25, 0.3) is 0 Å². The van der Waals surface area contributed by atoms with E-state index in [9.17, 15) is 32.9 Å². The Morgan fingerprint density at radius 3 is 1.90 bits per heavy atom. The molecule has 222 valence electrons. The number of allylic oxidation sites excluding steroid dienone is 4. The summed E-state index contributed by atoms with van der Waals surface area (Å²) in [6.07, 6.45) is -3.37. The van der Waals surface area contributed by atoms with Crippen LogP contribution in [0.2, 0.25) is 0 Å². The van der Waals surface area contributed by atoms with E-state index >= 15 is 0 Å². The molecule has 3 aliphatic rings. The van der Waals surface area contributed by atoms with Gasteiger partial charge in [0, 0.05) is 54.9 Å². The quantitative estimate of drug-likeness (QED) is 0.260. The Morgan fingerprint density at radius 1 is 0.857 bits per heavy atom. The first kappa shape index (κ1) is 29.3. The maximum Gasteiger partial charge on any atom is 0.420 e. The molecule has 0 saturated heterocycles. The predicted molar refractivity (Wildman–Crippen MR) is 145 cm³/mol. The number of ether oxygens (including phenoxy) is 3. The summed E-state index contributed by atoms with van der Waals surface area (Å²) in [4.78, 5) is 37.2. The number of Topliss-reactive ketones (excluding diaryl/α,β-unsaturated/α-hetero) is 2. The van der Waals surface area contributed by atoms with Gasteiger partial charge in [-0.2, -0.15) is 13.2 Å². The van der Waals surface area contributed by atoms with Crippen molar-refractivity contribution in [3.8, 4) is 17.2 Å². The van der Waals surface area contributed by atoms with Gasteiger partial charge in [0.15, 0.2) is 23.1 Å². The van der Waals surface area contributed by atoms with Crippen LogP contribution < -0.4 is 9.47 Å². The van der Waals surface area contributed by atoms with Crippen molar-refractivity contribution in [2.24, 2.45) is 10.8 Å². The molecule has 0 bridgehead atoms. The molecular formula is C31H30F3NO7. The molecule has 2 aromatic rings. The molecule has 0 radical (unpaired) electrons. The largest absolute Gasteiger partial charge is 0.493 e. The summed E-state index contributed by atoms with van der Waals surface area (Å²) < 4.78 is 58.7. The van der Waals surface area contributed by atoms with Gasteiger partial charge in [-0.25, -0.2) is 0 Å². The second kappa shape index (κ2) is 9.99. The van der Waals surface area contributed by atoms with Crippen LogP contribution in [0, 0.1) is 20.9 Å². The van der Waals surface area contributed by atoms with Crippen LogP contribution in [-0.4, -0.2) is 23.6 Å². The molecule has 0 spiro atoms. The van der Waals surface area contributed by atoms with E-state index in [1.165, 1.54) is 13.2 Å². The van der Waals surface area contributed by atoms with Gasteiger partial charge in [0.1, 0.15) is 22.8 Å². The first-order valence-electron chi connectivity index (χ1n) is 13.4. The van der Waals surface area contributed by atoms with Gasteiger partial charge in [0.25, 0.3) is 5.69 Å². The van der Waals surface area contributed by atoms with Gasteiger partial charge >= 0.3 is 6.18 Å². The van der Waals surface area contributed by atoms with Crippen LogP contribution in [0.15, 0.2) is 59.1 Å². The van der Waals surface area contributed by atoms with Crippen molar-refractivity contribution in [1.29, 1.82) is 0 Å². The summed E-state index contributed by atoms with van der Waals surface area (Å²) in [5.41, 5.74) is -1.36. The second-order valence-electron chi connectivity index (χ2n) is 12.5. The summed E-state index contributed by atoms with van der Waals surface area (Å²) in [6.45, 7) is 7.93. The van der Waals surface area contributed by atoms with Crippen LogP contribution in [0.5, 0.6) is 17.2 Å². The molecule has 5 rings (SSSR count). The summed E-state index contributed by atoms with van der Waals surface area (Å²) in [6, 6.07) is 6.74. The van der Waals surface area contributed by atoms with Crippen molar-refractivity contribution in [2.45, 2.75) is 65.5 Å². The average Bonchev–Trinajstić information content (AvgIpc) is 2.85. The lowest BCUT2D eigenvalue weighted by Gasteiger charge is -2.42. The van der Waals surface area contributed by atoms with Gasteiger partial charge in [-0.1, -0.05) is 33.8 Å². The van der Waals surface area contributed by atoms with Crippen molar-refractivity contribution < 1.29 is 41.9 Å². The lowest BCUT2D eigenvalue weighted by Crippen LogP contribution is -2.37. The Hall–Kier alpha value is -4.15. The summed E-state index contributed by atoms with van der Waals surface area (Å²) in [5.74, 6) is -0.592. The van der Waals surface area contributed by atoms with Crippen LogP contribution in [-0.2, 0) is 20.5 Å². The highest BCUT2D eigenvalue weighted by Gasteiger charge is 2.48. The van der Waals surface area contributed by atoms with Crippen molar-refractivity contribution in [3.05, 3.63) is 80.3 Å². The number of hydrogen-bond acceptors (Lipinski definition) is 7. The number of rotatable bonds is 5. The van der Waals surface area contributed by atoms with Gasteiger partial charge in [-0.15, -0.1) is 0 Å².